The van der Waals surface area contributed by atoms with Crippen molar-refractivity contribution < 1.29 is 0 Å². The second kappa shape index (κ2) is 3.68. The fourth-order valence-corrected chi connectivity index (χ4v) is 2.79. The Bertz CT molecular complexity index is 470. The molecule has 1 saturated carbocycles. The summed E-state index contributed by atoms with van der Waals surface area (Å²) in [5.74, 6) is 1.54. The van der Waals surface area contributed by atoms with Crippen molar-refractivity contribution >= 4 is 5.69 Å². The van der Waals surface area contributed by atoms with Crippen molar-refractivity contribution in [2.75, 3.05) is 5.32 Å². The van der Waals surface area contributed by atoms with E-state index in [4.69, 9.17) is 5.26 Å². The fraction of sp³-hybridized carbons (Fsp3) is 0.357. The summed E-state index contributed by atoms with van der Waals surface area (Å²) in [6, 6.07) is 10.5. The highest BCUT2D eigenvalue weighted by molar-refractivity contribution is 5.58. The second-order valence-electron chi connectivity index (χ2n) is 4.65. The molecular formula is C14H14N2. The molecular weight excluding hydrogens is 196 g/mol. The number of nitrogens with zero attached hydrogens (tertiary/aromatic N) is 1. The Morgan fingerprint density at radius 1 is 1.31 bits per heavy atom. The van der Waals surface area contributed by atoms with Crippen molar-refractivity contribution in [3.8, 4) is 6.07 Å². The number of allylic oxidation sites excluding steroid dienone is 1. The summed E-state index contributed by atoms with van der Waals surface area (Å²) in [6.07, 6.45) is 7.08. The maximum Gasteiger partial charge on any atom is 0.101 e. The van der Waals surface area contributed by atoms with Gasteiger partial charge in [0.25, 0.3) is 0 Å². The molecule has 2 aliphatic rings. The van der Waals surface area contributed by atoms with Crippen molar-refractivity contribution in [1.29, 1.82) is 5.26 Å². The zero-order valence-corrected chi connectivity index (χ0v) is 9.06. The first-order valence-corrected chi connectivity index (χ1v) is 5.81. The van der Waals surface area contributed by atoms with Crippen LogP contribution in [0.5, 0.6) is 0 Å². The van der Waals surface area contributed by atoms with Gasteiger partial charge in [0.2, 0.25) is 0 Å². The number of rotatable bonds is 2. The predicted molar refractivity (Wildman–Crippen MR) is 63.9 cm³/mol. The Balaban J connectivity index is 1.75. The van der Waals surface area contributed by atoms with E-state index in [1.54, 1.807) is 0 Å². The number of nitrogens with one attached hydrogen (secondary N) is 1. The molecule has 0 spiro atoms. The summed E-state index contributed by atoms with van der Waals surface area (Å²) in [5.41, 5.74) is 1.72. The molecule has 2 aliphatic carbocycles. The summed E-state index contributed by atoms with van der Waals surface area (Å²) in [4.78, 5) is 0. The monoisotopic (exact) mass is 210 g/mol. The minimum atomic E-state index is 0.526. The van der Waals surface area contributed by atoms with Crippen LogP contribution in [0.1, 0.15) is 18.4 Å². The lowest BCUT2D eigenvalue weighted by molar-refractivity contribution is 0.218. The number of nitriles is 1. The molecule has 0 saturated heterocycles. The fourth-order valence-electron chi connectivity index (χ4n) is 2.79. The highest BCUT2D eigenvalue weighted by Crippen LogP contribution is 2.44. The molecule has 0 heterocycles. The van der Waals surface area contributed by atoms with Crippen LogP contribution in [-0.4, -0.2) is 6.04 Å². The lowest BCUT2D eigenvalue weighted by Gasteiger charge is -2.41. The zero-order valence-electron chi connectivity index (χ0n) is 9.06. The van der Waals surface area contributed by atoms with Gasteiger partial charge in [-0.1, -0.05) is 24.3 Å². The van der Waals surface area contributed by atoms with Gasteiger partial charge in [0.05, 0.1) is 11.3 Å². The van der Waals surface area contributed by atoms with Crippen LogP contribution in [-0.2, 0) is 0 Å². The quantitative estimate of drug-likeness (QED) is 0.762. The first-order valence-electron chi connectivity index (χ1n) is 5.81. The van der Waals surface area contributed by atoms with Crippen LogP contribution in [0.4, 0.5) is 5.69 Å². The Morgan fingerprint density at radius 3 is 3.00 bits per heavy atom. The summed E-state index contributed by atoms with van der Waals surface area (Å²) >= 11 is 0. The minimum absolute atomic E-state index is 0.526. The van der Waals surface area contributed by atoms with Crippen molar-refractivity contribution in [1.82, 2.24) is 0 Å². The molecule has 0 bridgehead atoms. The van der Waals surface area contributed by atoms with Crippen LogP contribution in [0.3, 0.4) is 0 Å². The highest BCUT2D eigenvalue weighted by Gasteiger charge is 2.40. The van der Waals surface area contributed by atoms with E-state index in [1.807, 2.05) is 24.3 Å². The molecule has 3 rings (SSSR count). The number of hydrogen-bond acceptors (Lipinski definition) is 2. The lowest BCUT2D eigenvalue weighted by Crippen LogP contribution is -2.43. The molecule has 1 fully saturated rings. The van der Waals surface area contributed by atoms with Gasteiger partial charge in [-0.05, 0) is 30.9 Å². The number of para-hydroxylation sites is 1. The summed E-state index contributed by atoms with van der Waals surface area (Å²) in [5, 5.41) is 12.5. The predicted octanol–water partition coefficient (Wildman–Crippen LogP) is 2.93. The lowest BCUT2D eigenvalue weighted by atomic mass is 9.71. The second-order valence-corrected chi connectivity index (χ2v) is 4.65. The van der Waals surface area contributed by atoms with E-state index in [0.717, 1.165) is 17.2 Å². The van der Waals surface area contributed by atoms with Crippen LogP contribution in [0.25, 0.3) is 0 Å². The molecule has 3 atom stereocenters. The van der Waals surface area contributed by atoms with E-state index in [-0.39, 0.29) is 0 Å². The number of anilines is 1. The zero-order chi connectivity index (χ0) is 11.0. The number of fused-ring (bicyclic) bond motifs is 1. The molecule has 80 valence electrons. The van der Waals surface area contributed by atoms with Crippen molar-refractivity contribution in [3.05, 3.63) is 42.0 Å². The van der Waals surface area contributed by atoms with E-state index in [9.17, 15) is 0 Å². The SMILES string of the molecule is N#Cc1ccccc1NC1CC2CC=CC21. The molecule has 0 aromatic heterocycles. The maximum atomic E-state index is 9.01. The summed E-state index contributed by atoms with van der Waals surface area (Å²) in [7, 11) is 0. The third-order valence-corrected chi connectivity index (χ3v) is 3.75. The molecule has 0 aliphatic heterocycles. The first kappa shape index (κ1) is 9.47. The van der Waals surface area contributed by atoms with E-state index in [2.05, 4.69) is 23.5 Å². The van der Waals surface area contributed by atoms with Gasteiger partial charge in [-0.15, -0.1) is 0 Å². The topological polar surface area (TPSA) is 35.8 Å². The van der Waals surface area contributed by atoms with Crippen molar-refractivity contribution in [2.45, 2.75) is 18.9 Å². The smallest absolute Gasteiger partial charge is 0.101 e. The van der Waals surface area contributed by atoms with Gasteiger partial charge in [0.1, 0.15) is 6.07 Å². The molecule has 2 heteroatoms. The molecule has 0 radical (unpaired) electrons. The van der Waals surface area contributed by atoms with Crippen LogP contribution in [0, 0.1) is 23.2 Å². The third kappa shape index (κ3) is 1.40. The number of benzene rings is 1. The maximum absolute atomic E-state index is 9.01. The Kier molecular flexibility index (Phi) is 2.18. The van der Waals surface area contributed by atoms with Gasteiger partial charge < -0.3 is 5.32 Å². The third-order valence-electron chi connectivity index (χ3n) is 3.75. The average molecular weight is 210 g/mol. The standard InChI is InChI=1S/C14H14N2/c15-9-11-4-1-2-7-13(11)16-14-8-10-5-3-6-12(10)14/h1-4,6-7,10,12,14,16H,5,8H2. The van der Waals surface area contributed by atoms with E-state index >= 15 is 0 Å². The first-order chi connectivity index (χ1) is 7.88. The van der Waals surface area contributed by atoms with Gasteiger partial charge in [-0.3, -0.25) is 0 Å². The summed E-state index contributed by atoms with van der Waals surface area (Å²) in [6.45, 7) is 0. The Labute approximate surface area is 95.6 Å². The normalized spacial score (nSPS) is 30.3. The van der Waals surface area contributed by atoms with Gasteiger partial charge in [0.15, 0.2) is 0 Å². The molecule has 0 amide bonds. The molecule has 16 heavy (non-hydrogen) atoms. The molecule has 1 aromatic carbocycles. The molecule has 3 unspecified atom stereocenters. The van der Waals surface area contributed by atoms with Gasteiger partial charge in [-0.25, -0.2) is 0 Å². The van der Waals surface area contributed by atoms with Crippen LogP contribution >= 0.6 is 0 Å². The molecule has 1 aromatic rings. The molecule has 1 N–H and O–H groups in total. The van der Waals surface area contributed by atoms with E-state index in [1.165, 1.54) is 12.8 Å². The molecule has 2 nitrogen and oxygen atoms in total. The summed E-state index contributed by atoms with van der Waals surface area (Å²) < 4.78 is 0. The van der Waals surface area contributed by atoms with Gasteiger partial charge in [0, 0.05) is 12.0 Å². The average Bonchev–Trinajstić information content (AvgIpc) is 2.68. The van der Waals surface area contributed by atoms with E-state index in [0.29, 0.717) is 12.0 Å². The Morgan fingerprint density at radius 2 is 2.19 bits per heavy atom. The van der Waals surface area contributed by atoms with Gasteiger partial charge in [-0.2, -0.15) is 5.26 Å². The Hall–Kier alpha value is -1.75. The van der Waals surface area contributed by atoms with Gasteiger partial charge >= 0.3 is 0 Å². The van der Waals surface area contributed by atoms with Crippen LogP contribution in [0.15, 0.2) is 36.4 Å². The minimum Gasteiger partial charge on any atom is -0.381 e. The largest absolute Gasteiger partial charge is 0.381 e. The number of hydrogen-bond donors (Lipinski definition) is 1. The van der Waals surface area contributed by atoms with Crippen LogP contribution in [0.2, 0.25) is 0 Å². The van der Waals surface area contributed by atoms with Crippen molar-refractivity contribution in [3.63, 3.8) is 0 Å². The highest BCUT2D eigenvalue weighted by atomic mass is 15.0. The van der Waals surface area contributed by atoms with Crippen molar-refractivity contribution in [2.24, 2.45) is 11.8 Å². The van der Waals surface area contributed by atoms with Crippen LogP contribution < -0.4 is 5.32 Å². The van der Waals surface area contributed by atoms with E-state index < -0.39 is 0 Å².